The second-order valence-electron chi connectivity index (χ2n) is 6.90. The van der Waals surface area contributed by atoms with Crippen LogP contribution < -0.4 is 4.74 Å². The lowest BCUT2D eigenvalue weighted by Crippen LogP contribution is -2.51. The van der Waals surface area contributed by atoms with Crippen molar-refractivity contribution in [3.05, 3.63) is 65.7 Å². The molecule has 0 unspecified atom stereocenters. The molecular weight excluding hydrogens is 366 g/mol. The molecule has 1 heterocycles. The van der Waals surface area contributed by atoms with Gasteiger partial charge in [-0.3, -0.25) is 4.79 Å². The van der Waals surface area contributed by atoms with Crippen LogP contribution in [0.15, 0.2) is 54.6 Å². The van der Waals surface area contributed by atoms with E-state index in [1.165, 1.54) is 12.1 Å². The van der Waals surface area contributed by atoms with Crippen molar-refractivity contribution in [2.24, 2.45) is 0 Å². The van der Waals surface area contributed by atoms with Gasteiger partial charge in [-0.2, -0.15) is 8.78 Å². The van der Waals surface area contributed by atoms with Crippen LogP contribution in [0.3, 0.4) is 0 Å². The maximum absolute atomic E-state index is 13.3. The van der Waals surface area contributed by atoms with E-state index >= 15 is 0 Å². The van der Waals surface area contributed by atoms with Crippen molar-refractivity contribution in [2.75, 3.05) is 33.8 Å². The number of likely N-dealkylation sites (N-methyl/N-ethyl adjacent to an activating group) is 1. The summed E-state index contributed by atoms with van der Waals surface area (Å²) in [6.45, 7) is -1.62. The Labute approximate surface area is 163 Å². The van der Waals surface area contributed by atoms with Crippen molar-refractivity contribution in [1.29, 1.82) is 0 Å². The number of halogens is 2. The minimum Gasteiger partial charge on any atom is -0.434 e. The Balaban J connectivity index is 1.97. The highest BCUT2D eigenvalue weighted by molar-refractivity contribution is 5.97. The summed E-state index contributed by atoms with van der Waals surface area (Å²) in [6.07, 6.45) is -0.238. The second kappa shape index (κ2) is 9.12. The smallest absolute Gasteiger partial charge is 0.387 e. The van der Waals surface area contributed by atoms with E-state index in [0.29, 0.717) is 19.7 Å². The zero-order valence-corrected chi connectivity index (χ0v) is 15.9. The molecule has 2 aromatic carbocycles. The normalized spacial score (nSPS) is 19.9. The number of morpholine rings is 1. The first-order valence-corrected chi connectivity index (χ1v) is 9.13. The summed E-state index contributed by atoms with van der Waals surface area (Å²) in [4.78, 5) is 17.0. The van der Waals surface area contributed by atoms with Gasteiger partial charge in [0.1, 0.15) is 5.75 Å². The number of ether oxygens (including phenoxy) is 2. The molecule has 0 N–H and O–H groups in total. The van der Waals surface area contributed by atoms with Crippen LogP contribution in [0.25, 0.3) is 0 Å². The molecule has 2 aromatic rings. The zero-order chi connectivity index (χ0) is 20.1. The molecule has 1 saturated heterocycles. The Kier molecular flexibility index (Phi) is 6.59. The molecule has 7 heteroatoms. The summed E-state index contributed by atoms with van der Waals surface area (Å²) in [5.74, 6) is -0.470. The fraction of sp³-hybridized carbons (Fsp3) is 0.381. The van der Waals surface area contributed by atoms with Gasteiger partial charge in [0, 0.05) is 13.1 Å². The predicted molar refractivity (Wildman–Crippen MR) is 102 cm³/mol. The fourth-order valence-electron chi connectivity index (χ4n) is 3.52. The third-order valence-corrected chi connectivity index (χ3v) is 4.63. The van der Waals surface area contributed by atoms with Crippen LogP contribution in [-0.2, 0) is 4.74 Å². The summed E-state index contributed by atoms with van der Waals surface area (Å²) in [5, 5.41) is 0. The van der Waals surface area contributed by atoms with Crippen LogP contribution in [0.4, 0.5) is 8.78 Å². The quantitative estimate of drug-likeness (QED) is 0.758. The molecular formula is C21H24F2N2O3. The van der Waals surface area contributed by atoms with Crippen LogP contribution in [0.5, 0.6) is 5.75 Å². The molecule has 28 heavy (non-hydrogen) atoms. The van der Waals surface area contributed by atoms with Gasteiger partial charge in [-0.1, -0.05) is 42.5 Å². The number of para-hydroxylation sites is 1. The lowest BCUT2D eigenvalue weighted by Gasteiger charge is -2.42. The molecule has 1 fully saturated rings. The lowest BCUT2D eigenvalue weighted by molar-refractivity contribution is -0.0693. The predicted octanol–water partition coefficient (Wildman–Crippen LogP) is 3.43. The number of carbonyl (C=O) groups is 1. The van der Waals surface area contributed by atoms with E-state index in [9.17, 15) is 13.6 Å². The van der Waals surface area contributed by atoms with Crippen LogP contribution in [0, 0.1) is 0 Å². The monoisotopic (exact) mass is 390 g/mol. The van der Waals surface area contributed by atoms with Crippen molar-refractivity contribution < 1.29 is 23.0 Å². The third kappa shape index (κ3) is 4.66. The van der Waals surface area contributed by atoms with Crippen molar-refractivity contribution in [1.82, 2.24) is 9.80 Å². The van der Waals surface area contributed by atoms with Crippen LogP contribution >= 0.6 is 0 Å². The third-order valence-electron chi connectivity index (χ3n) is 4.63. The number of benzene rings is 2. The van der Waals surface area contributed by atoms with Gasteiger partial charge in [0.2, 0.25) is 0 Å². The molecule has 0 saturated carbocycles. The van der Waals surface area contributed by atoms with Gasteiger partial charge in [-0.25, -0.2) is 0 Å². The average molecular weight is 390 g/mol. The summed E-state index contributed by atoms with van der Waals surface area (Å²) in [7, 11) is 3.88. The number of hydrogen-bond acceptors (Lipinski definition) is 4. The number of nitrogens with zero attached hydrogens (tertiary/aromatic N) is 2. The minimum atomic E-state index is -3.00. The highest BCUT2D eigenvalue weighted by Crippen LogP contribution is 2.33. The van der Waals surface area contributed by atoms with Gasteiger partial charge in [0.15, 0.2) is 0 Å². The molecule has 1 amide bonds. The summed E-state index contributed by atoms with van der Waals surface area (Å²) in [6, 6.07) is 15.4. The van der Waals surface area contributed by atoms with Gasteiger partial charge in [0.05, 0.1) is 24.3 Å². The van der Waals surface area contributed by atoms with E-state index in [4.69, 9.17) is 4.74 Å². The number of carbonyl (C=O) groups excluding carboxylic acids is 1. The van der Waals surface area contributed by atoms with Crippen LogP contribution in [-0.4, -0.2) is 62.2 Å². The fourth-order valence-corrected chi connectivity index (χ4v) is 3.52. The zero-order valence-electron chi connectivity index (χ0n) is 15.9. The molecule has 3 rings (SSSR count). The Morgan fingerprint density at radius 1 is 1.18 bits per heavy atom. The standard InChI is InChI=1S/C21H24F2N2O3/c1-24(2)14-18-19(15-8-4-3-5-9-15)25(12-13-27-18)20(26)16-10-6-7-11-17(16)28-21(22)23/h3-11,18-19,21H,12-14H2,1-2H3/t18-,19-/m0/s1. The largest absolute Gasteiger partial charge is 0.434 e. The van der Waals surface area contributed by atoms with Crippen molar-refractivity contribution in [3.63, 3.8) is 0 Å². The first-order chi connectivity index (χ1) is 13.5. The van der Waals surface area contributed by atoms with Gasteiger partial charge in [-0.15, -0.1) is 0 Å². The number of rotatable bonds is 6. The van der Waals surface area contributed by atoms with E-state index in [1.54, 1.807) is 17.0 Å². The highest BCUT2D eigenvalue weighted by atomic mass is 19.3. The number of amides is 1. The van der Waals surface area contributed by atoms with Crippen molar-refractivity contribution in [3.8, 4) is 5.75 Å². The van der Waals surface area contributed by atoms with E-state index in [1.807, 2.05) is 49.3 Å². The molecule has 0 radical (unpaired) electrons. The van der Waals surface area contributed by atoms with Gasteiger partial charge < -0.3 is 19.3 Å². The Morgan fingerprint density at radius 2 is 1.86 bits per heavy atom. The molecule has 0 bridgehead atoms. The first kappa shape index (κ1) is 20.2. The first-order valence-electron chi connectivity index (χ1n) is 9.13. The SMILES string of the molecule is CN(C)C[C@@H]1OCCN(C(=O)c2ccccc2OC(F)F)[C@H]1c1ccccc1. The summed E-state index contributed by atoms with van der Waals surface area (Å²) in [5.41, 5.74) is 1.06. The Hall–Kier alpha value is -2.51. The van der Waals surface area contributed by atoms with Crippen LogP contribution in [0.1, 0.15) is 22.0 Å². The van der Waals surface area contributed by atoms with Crippen LogP contribution in [0.2, 0.25) is 0 Å². The molecule has 0 spiro atoms. The van der Waals surface area contributed by atoms with Gasteiger partial charge in [0.25, 0.3) is 5.91 Å². The molecule has 1 aliphatic heterocycles. The Bertz CT molecular complexity index is 786. The average Bonchev–Trinajstić information content (AvgIpc) is 2.67. The van der Waals surface area contributed by atoms with E-state index in [2.05, 4.69) is 4.74 Å². The van der Waals surface area contributed by atoms with Crippen molar-refractivity contribution >= 4 is 5.91 Å². The lowest BCUT2D eigenvalue weighted by atomic mass is 9.96. The maximum Gasteiger partial charge on any atom is 0.387 e. The van der Waals surface area contributed by atoms with E-state index in [0.717, 1.165) is 5.56 Å². The molecule has 0 aliphatic carbocycles. The molecule has 5 nitrogen and oxygen atoms in total. The number of alkyl halides is 2. The summed E-state index contributed by atoms with van der Waals surface area (Å²) >= 11 is 0. The maximum atomic E-state index is 13.3. The van der Waals surface area contributed by atoms with E-state index in [-0.39, 0.29) is 29.4 Å². The van der Waals surface area contributed by atoms with Gasteiger partial charge in [-0.05, 0) is 31.8 Å². The molecule has 2 atom stereocenters. The number of hydrogen-bond donors (Lipinski definition) is 0. The molecule has 1 aliphatic rings. The topological polar surface area (TPSA) is 42.0 Å². The van der Waals surface area contributed by atoms with Gasteiger partial charge >= 0.3 is 6.61 Å². The molecule has 0 aromatic heterocycles. The highest BCUT2D eigenvalue weighted by Gasteiger charge is 2.37. The molecule has 150 valence electrons. The minimum absolute atomic E-state index is 0.120. The van der Waals surface area contributed by atoms with Crippen molar-refractivity contribution in [2.45, 2.75) is 18.8 Å². The van der Waals surface area contributed by atoms with E-state index < -0.39 is 6.61 Å². The second-order valence-corrected chi connectivity index (χ2v) is 6.90. The Morgan fingerprint density at radius 3 is 2.54 bits per heavy atom. The summed E-state index contributed by atoms with van der Waals surface area (Å²) < 4.78 is 36.1.